The van der Waals surface area contributed by atoms with Crippen molar-refractivity contribution in [1.82, 2.24) is 9.88 Å². The molecule has 2 heterocycles. The Morgan fingerprint density at radius 3 is 2.53 bits per heavy atom. The van der Waals surface area contributed by atoms with Gasteiger partial charge in [0, 0.05) is 24.4 Å². The average molecular weight is 408 g/mol. The van der Waals surface area contributed by atoms with Crippen LogP contribution in [0.3, 0.4) is 0 Å². The summed E-state index contributed by atoms with van der Waals surface area (Å²) in [4.78, 5) is 19.5. The van der Waals surface area contributed by atoms with Gasteiger partial charge in [-0.2, -0.15) is 0 Å². The first-order valence-corrected chi connectivity index (χ1v) is 9.75. The van der Waals surface area contributed by atoms with Gasteiger partial charge >= 0.3 is 0 Å². The van der Waals surface area contributed by atoms with Gasteiger partial charge in [-0.3, -0.25) is 4.79 Å². The Balaban J connectivity index is 1.49. The highest BCUT2D eigenvalue weighted by atomic mass is 16.5. The number of rotatable bonds is 6. The first-order valence-electron chi connectivity index (χ1n) is 9.75. The van der Waals surface area contributed by atoms with Crippen molar-refractivity contribution in [3.05, 3.63) is 54.1 Å². The first kappa shape index (κ1) is 19.8. The van der Waals surface area contributed by atoms with E-state index in [-0.39, 0.29) is 12.0 Å². The number of fused-ring (bicyclic) bond motifs is 1. The second kappa shape index (κ2) is 8.49. The second-order valence-electron chi connectivity index (χ2n) is 7.00. The Morgan fingerprint density at radius 1 is 0.967 bits per heavy atom. The van der Waals surface area contributed by atoms with Crippen molar-refractivity contribution in [3.63, 3.8) is 0 Å². The number of likely N-dealkylation sites (tertiary alicyclic amines) is 1. The lowest BCUT2D eigenvalue weighted by molar-refractivity contribution is 0.0767. The predicted octanol–water partition coefficient (Wildman–Crippen LogP) is 3.55. The number of nitrogens with zero attached hydrogens (tertiary/aromatic N) is 2. The Bertz CT molecular complexity index is 1070. The van der Waals surface area contributed by atoms with Gasteiger partial charge < -0.3 is 23.8 Å². The summed E-state index contributed by atoms with van der Waals surface area (Å²) in [6.07, 6.45) is 0.615. The third kappa shape index (κ3) is 3.70. The van der Waals surface area contributed by atoms with Gasteiger partial charge in [0.25, 0.3) is 5.91 Å². The lowest BCUT2D eigenvalue weighted by Crippen LogP contribution is -2.31. The van der Waals surface area contributed by atoms with Crippen molar-refractivity contribution < 1.29 is 23.7 Å². The molecule has 7 heteroatoms. The molecule has 4 rings (SSSR count). The van der Waals surface area contributed by atoms with Gasteiger partial charge in [-0.25, -0.2) is 4.98 Å². The highest BCUT2D eigenvalue weighted by Gasteiger charge is 2.31. The molecule has 1 amide bonds. The molecule has 2 aromatic carbocycles. The van der Waals surface area contributed by atoms with Crippen LogP contribution in [0.1, 0.15) is 16.8 Å². The van der Waals surface area contributed by atoms with Gasteiger partial charge in [0.1, 0.15) is 6.10 Å². The Kier molecular flexibility index (Phi) is 5.61. The summed E-state index contributed by atoms with van der Waals surface area (Å²) < 4.78 is 22.2. The summed E-state index contributed by atoms with van der Waals surface area (Å²) in [6, 6.07) is 15.2. The monoisotopic (exact) mass is 408 g/mol. The molecule has 3 aromatic rings. The number of methoxy groups -OCH3 is 3. The standard InChI is InChI=1S/C23H24N2O5/c1-27-19-10-9-17(21(28-2)22(19)29-3)23(26)25-13-12-16(14-25)30-20-11-8-15-6-4-5-7-18(15)24-20/h4-11,16H,12-14H2,1-3H3. The van der Waals surface area contributed by atoms with Crippen LogP contribution < -0.4 is 18.9 Å². The average Bonchev–Trinajstić information content (AvgIpc) is 3.25. The number of hydrogen-bond donors (Lipinski definition) is 0. The lowest BCUT2D eigenvalue weighted by atomic mass is 10.1. The first-order chi connectivity index (χ1) is 14.6. The van der Waals surface area contributed by atoms with Crippen LogP contribution in [0.15, 0.2) is 48.5 Å². The van der Waals surface area contributed by atoms with E-state index in [2.05, 4.69) is 4.98 Å². The summed E-state index contributed by atoms with van der Waals surface area (Å²) in [5.74, 6) is 1.71. The zero-order valence-corrected chi connectivity index (χ0v) is 17.3. The molecule has 0 aliphatic carbocycles. The number of carbonyl (C=O) groups is 1. The third-order valence-electron chi connectivity index (χ3n) is 5.23. The third-order valence-corrected chi connectivity index (χ3v) is 5.23. The fourth-order valence-electron chi connectivity index (χ4n) is 3.73. The Labute approximate surface area is 175 Å². The highest BCUT2D eigenvalue weighted by Crippen LogP contribution is 2.40. The zero-order chi connectivity index (χ0) is 21.1. The van der Waals surface area contributed by atoms with Gasteiger partial charge in [-0.15, -0.1) is 0 Å². The molecule has 1 unspecified atom stereocenters. The minimum absolute atomic E-state index is 0.117. The fraction of sp³-hybridized carbons (Fsp3) is 0.304. The van der Waals surface area contributed by atoms with Gasteiger partial charge in [0.15, 0.2) is 11.5 Å². The number of carbonyl (C=O) groups excluding carboxylic acids is 1. The summed E-state index contributed by atoms with van der Waals surface area (Å²) >= 11 is 0. The molecule has 0 N–H and O–H groups in total. The molecule has 1 saturated heterocycles. The summed E-state index contributed by atoms with van der Waals surface area (Å²) in [7, 11) is 4.57. The molecule has 1 aliphatic rings. The molecule has 1 fully saturated rings. The Morgan fingerprint density at radius 2 is 1.77 bits per heavy atom. The summed E-state index contributed by atoms with van der Waals surface area (Å²) in [6.45, 7) is 1.07. The van der Waals surface area contributed by atoms with Gasteiger partial charge in [0.2, 0.25) is 11.6 Å². The molecular weight excluding hydrogens is 384 g/mol. The quantitative estimate of drug-likeness (QED) is 0.621. The molecule has 1 atom stereocenters. The summed E-state index contributed by atoms with van der Waals surface area (Å²) in [5, 5.41) is 1.06. The van der Waals surface area contributed by atoms with Crippen molar-refractivity contribution in [1.29, 1.82) is 0 Å². The molecule has 0 bridgehead atoms. The van der Waals surface area contributed by atoms with Crippen LogP contribution in [0, 0.1) is 0 Å². The largest absolute Gasteiger partial charge is 0.493 e. The van der Waals surface area contributed by atoms with E-state index in [9.17, 15) is 4.79 Å². The lowest BCUT2D eigenvalue weighted by Gasteiger charge is -2.20. The van der Waals surface area contributed by atoms with Crippen LogP contribution in [-0.2, 0) is 0 Å². The van der Waals surface area contributed by atoms with Crippen molar-refractivity contribution >= 4 is 16.8 Å². The van der Waals surface area contributed by atoms with Crippen molar-refractivity contribution in [2.45, 2.75) is 12.5 Å². The van der Waals surface area contributed by atoms with Gasteiger partial charge in [-0.1, -0.05) is 18.2 Å². The molecule has 0 spiro atoms. The number of amides is 1. The molecule has 1 aliphatic heterocycles. The fourth-order valence-corrected chi connectivity index (χ4v) is 3.73. The Hall–Kier alpha value is -3.48. The van der Waals surface area contributed by atoms with Crippen LogP contribution in [0.2, 0.25) is 0 Å². The van der Waals surface area contributed by atoms with E-state index in [1.807, 2.05) is 36.4 Å². The highest BCUT2D eigenvalue weighted by molar-refractivity contribution is 5.98. The van der Waals surface area contributed by atoms with Crippen LogP contribution in [0.25, 0.3) is 10.9 Å². The maximum Gasteiger partial charge on any atom is 0.257 e. The van der Waals surface area contributed by atoms with Gasteiger partial charge in [-0.05, 0) is 24.3 Å². The maximum atomic E-state index is 13.1. The molecule has 0 saturated carbocycles. The van der Waals surface area contributed by atoms with Gasteiger partial charge in [0.05, 0.1) is 39.0 Å². The minimum atomic E-state index is -0.134. The van der Waals surface area contributed by atoms with E-state index >= 15 is 0 Å². The van der Waals surface area contributed by atoms with E-state index in [0.717, 1.165) is 17.3 Å². The van der Waals surface area contributed by atoms with Crippen LogP contribution in [-0.4, -0.2) is 56.3 Å². The van der Waals surface area contributed by atoms with Crippen molar-refractivity contribution in [2.24, 2.45) is 0 Å². The van der Waals surface area contributed by atoms with E-state index < -0.39 is 0 Å². The van der Waals surface area contributed by atoms with E-state index in [0.29, 0.717) is 41.8 Å². The normalized spacial score (nSPS) is 15.8. The number of benzene rings is 2. The second-order valence-corrected chi connectivity index (χ2v) is 7.00. The van der Waals surface area contributed by atoms with Crippen LogP contribution in [0.4, 0.5) is 0 Å². The zero-order valence-electron chi connectivity index (χ0n) is 17.3. The topological polar surface area (TPSA) is 70.1 Å². The SMILES string of the molecule is COc1ccc(C(=O)N2CCC(Oc3ccc4ccccc4n3)C2)c(OC)c1OC. The van der Waals surface area contributed by atoms with Crippen molar-refractivity contribution in [2.75, 3.05) is 34.4 Å². The molecule has 0 radical (unpaired) electrons. The number of para-hydroxylation sites is 1. The number of hydrogen-bond acceptors (Lipinski definition) is 6. The van der Waals surface area contributed by atoms with Crippen LogP contribution >= 0.6 is 0 Å². The van der Waals surface area contributed by atoms with Crippen molar-refractivity contribution in [3.8, 4) is 23.1 Å². The van der Waals surface area contributed by atoms with E-state index in [1.54, 1.807) is 24.1 Å². The molecule has 1 aromatic heterocycles. The molecule has 30 heavy (non-hydrogen) atoms. The number of pyridine rings is 1. The maximum absolute atomic E-state index is 13.1. The number of ether oxygens (including phenoxy) is 4. The molecule has 156 valence electrons. The smallest absolute Gasteiger partial charge is 0.257 e. The van der Waals surface area contributed by atoms with Crippen LogP contribution in [0.5, 0.6) is 23.1 Å². The summed E-state index contributed by atoms with van der Waals surface area (Å²) in [5.41, 5.74) is 1.32. The van der Waals surface area contributed by atoms with E-state index in [1.165, 1.54) is 14.2 Å². The minimum Gasteiger partial charge on any atom is -0.493 e. The number of aromatic nitrogens is 1. The molecular formula is C23H24N2O5. The van der Waals surface area contributed by atoms with E-state index in [4.69, 9.17) is 18.9 Å². The molecule has 7 nitrogen and oxygen atoms in total. The predicted molar refractivity (Wildman–Crippen MR) is 113 cm³/mol.